The first kappa shape index (κ1) is 24.9. The van der Waals surface area contributed by atoms with Gasteiger partial charge in [0.25, 0.3) is 0 Å². The van der Waals surface area contributed by atoms with Crippen LogP contribution in [0.4, 0.5) is 14.5 Å². The molecule has 0 spiro atoms. The molecular formula is C26H25ClF2N4O2. The van der Waals surface area contributed by atoms with E-state index in [9.17, 15) is 14.6 Å². The van der Waals surface area contributed by atoms with E-state index in [0.29, 0.717) is 44.9 Å². The zero-order valence-corrected chi connectivity index (χ0v) is 20.3. The number of benzene rings is 2. The quantitative estimate of drug-likeness (QED) is 0.320. The smallest absolute Gasteiger partial charge is 0.159 e. The van der Waals surface area contributed by atoms with Crippen LogP contribution in [0.1, 0.15) is 36.5 Å². The van der Waals surface area contributed by atoms with E-state index in [1.807, 2.05) is 0 Å². The number of aromatic nitrogens is 3. The highest BCUT2D eigenvalue weighted by Crippen LogP contribution is 2.36. The maximum Gasteiger partial charge on any atom is 0.159 e. The van der Waals surface area contributed by atoms with Gasteiger partial charge in [0.2, 0.25) is 0 Å². The lowest BCUT2D eigenvalue weighted by Gasteiger charge is -2.17. The highest BCUT2D eigenvalue weighted by Gasteiger charge is 2.21. The fourth-order valence-corrected chi connectivity index (χ4v) is 4.00. The molecule has 2 aromatic heterocycles. The van der Waals surface area contributed by atoms with Gasteiger partial charge in [0.15, 0.2) is 5.82 Å². The van der Waals surface area contributed by atoms with E-state index >= 15 is 4.39 Å². The molecule has 182 valence electrons. The lowest BCUT2D eigenvalue weighted by molar-refractivity contribution is 0.0687. The number of aryl methyl sites for hydroxylation is 1. The molecule has 4 rings (SSSR count). The molecule has 0 aliphatic rings. The lowest BCUT2D eigenvalue weighted by Crippen LogP contribution is -2.19. The molecule has 0 amide bonds. The predicted octanol–water partition coefficient (Wildman–Crippen LogP) is 5.31. The number of aliphatic hydroxyl groups is 2. The van der Waals surface area contributed by atoms with Crippen LogP contribution < -0.4 is 5.32 Å². The fourth-order valence-electron chi connectivity index (χ4n) is 3.79. The van der Waals surface area contributed by atoms with Crippen LogP contribution >= 0.6 is 11.6 Å². The summed E-state index contributed by atoms with van der Waals surface area (Å²) >= 11 is 6.57. The largest absolute Gasteiger partial charge is 0.396 e. The van der Waals surface area contributed by atoms with Gasteiger partial charge >= 0.3 is 0 Å². The van der Waals surface area contributed by atoms with Crippen molar-refractivity contribution in [2.45, 2.75) is 39.3 Å². The normalized spacial score (nSPS) is 11.8. The highest BCUT2D eigenvalue weighted by atomic mass is 35.5. The van der Waals surface area contributed by atoms with Crippen molar-refractivity contribution < 1.29 is 19.0 Å². The summed E-state index contributed by atoms with van der Waals surface area (Å²) < 4.78 is 29.5. The Bertz CT molecular complexity index is 1390. The number of rotatable bonds is 7. The molecule has 0 atom stereocenters. The molecule has 9 heteroatoms. The van der Waals surface area contributed by atoms with E-state index in [1.165, 1.54) is 24.5 Å². The van der Waals surface area contributed by atoms with Gasteiger partial charge in [-0.2, -0.15) is 0 Å². The number of fused-ring (bicyclic) bond motifs is 1. The molecule has 35 heavy (non-hydrogen) atoms. The molecule has 0 saturated heterocycles. The maximum absolute atomic E-state index is 15.1. The van der Waals surface area contributed by atoms with Crippen LogP contribution in [-0.2, 0) is 18.6 Å². The molecule has 2 aromatic carbocycles. The molecule has 4 aromatic rings. The Balaban J connectivity index is 1.76. The molecule has 6 nitrogen and oxygen atoms in total. The number of halogens is 3. The number of nitrogens with zero attached hydrogens (tertiary/aromatic N) is 3. The van der Waals surface area contributed by atoms with Gasteiger partial charge in [0, 0.05) is 53.7 Å². The van der Waals surface area contributed by atoms with Crippen LogP contribution in [0, 0.1) is 18.6 Å². The van der Waals surface area contributed by atoms with Gasteiger partial charge in [-0.05, 0) is 44.9 Å². The Morgan fingerprint density at radius 2 is 1.77 bits per heavy atom. The topological polar surface area (TPSA) is 91.2 Å². The maximum atomic E-state index is 15.1. The first-order valence-corrected chi connectivity index (χ1v) is 11.4. The van der Waals surface area contributed by atoms with E-state index in [0.717, 1.165) is 5.56 Å². The van der Waals surface area contributed by atoms with Gasteiger partial charge in [-0.3, -0.25) is 4.98 Å². The van der Waals surface area contributed by atoms with Gasteiger partial charge in [0.05, 0.1) is 21.9 Å². The minimum absolute atomic E-state index is 0.0344. The third-order valence-corrected chi connectivity index (χ3v) is 6.12. The van der Waals surface area contributed by atoms with Gasteiger partial charge in [-0.15, -0.1) is 0 Å². The van der Waals surface area contributed by atoms with Gasteiger partial charge in [-0.25, -0.2) is 18.7 Å². The molecule has 0 saturated carbocycles. The summed E-state index contributed by atoms with van der Waals surface area (Å²) in [5, 5.41) is 23.4. The Labute approximate surface area is 206 Å². The van der Waals surface area contributed by atoms with E-state index in [4.69, 9.17) is 11.6 Å². The third-order valence-electron chi connectivity index (χ3n) is 5.66. The predicted molar refractivity (Wildman–Crippen MR) is 132 cm³/mol. The lowest BCUT2D eigenvalue weighted by atomic mass is 10.0. The van der Waals surface area contributed by atoms with Gasteiger partial charge < -0.3 is 15.5 Å². The standard InChI is InChI=1S/C26H25ClF2N4O2/c1-14-23(27)24(30-11-16-8-15(6-7-34)4-5-20(16)28)19-9-18(21(29)10-22(19)33-14)17-12-31-25(32-13-17)26(2,3)35/h4-5,8-10,12-13,34-35H,6-7,11H2,1-3H3,(H,30,33). The molecule has 0 aliphatic heterocycles. The molecule has 0 unspecified atom stereocenters. The molecule has 2 heterocycles. The summed E-state index contributed by atoms with van der Waals surface area (Å²) in [5.41, 5.74) is 2.04. The average Bonchev–Trinajstić information content (AvgIpc) is 2.81. The van der Waals surface area contributed by atoms with Crippen LogP contribution in [0.2, 0.25) is 5.02 Å². The van der Waals surface area contributed by atoms with Gasteiger partial charge in [-0.1, -0.05) is 23.7 Å². The van der Waals surface area contributed by atoms with Crippen LogP contribution in [0.15, 0.2) is 42.7 Å². The molecule has 0 aliphatic carbocycles. The summed E-state index contributed by atoms with van der Waals surface area (Å²) in [7, 11) is 0. The number of nitrogens with one attached hydrogen (secondary N) is 1. The van der Waals surface area contributed by atoms with Crippen LogP contribution in [0.5, 0.6) is 0 Å². The number of aliphatic hydroxyl groups excluding tert-OH is 1. The second-order valence-corrected chi connectivity index (χ2v) is 9.22. The van der Waals surface area contributed by atoms with Crippen molar-refractivity contribution in [3.05, 3.63) is 82.0 Å². The van der Waals surface area contributed by atoms with Crippen molar-refractivity contribution in [1.29, 1.82) is 0 Å². The second kappa shape index (κ2) is 9.81. The summed E-state index contributed by atoms with van der Waals surface area (Å²) in [6, 6.07) is 7.60. The summed E-state index contributed by atoms with van der Waals surface area (Å²) in [5.74, 6) is -0.684. The Hall–Kier alpha value is -3.20. The van der Waals surface area contributed by atoms with Crippen LogP contribution in [0.3, 0.4) is 0 Å². The fraction of sp³-hybridized carbons (Fsp3) is 0.269. The summed E-state index contributed by atoms with van der Waals surface area (Å²) in [6.07, 6.45) is 3.31. The van der Waals surface area contributed by atoms with Gasteiger partial charge in [0.1, 0.15) is 17.2 Å². The Kier molecular flexibility index (Phi) is 6.98. The zero-order valence-electron chi connectivity index (χ0n) is 19.5. The molecular weight excluding hydrogens is 474 g/mol. The number of anilines is 1. The SMILES string of the molecule is Cc1nc2cc(F)c(-c3cnc(C(C)(C)O)nc3)cc2c(NCc2cc(CCO)ccc2F)c1Cl. The average molecular weight is 499 g/mol. The Morgan fingerprint density at radius 3 is 2.43 bits per heavy atom. The van der Waals surface area contributed by atoms with Crippen molar-refractivity contribution in [3.8, 4) is 11.1 Å². The molecule has 0 fully saturated rings. The van der Waals surface area contributed by atoms with E-state index in [-0.39, 0.29) is 30.4 Å². The number of pyridine rings is 1. The van der Waals surface area contributed by atoms with E-state index < -0.39 is 11.4 Å². The van der Waals surface area contributed by atoms with Crippen molar-refractivity contribution >= 4 is 28.2 Å². The van der Waals surface area contributed by atoms with Crippen molar-refractivity contribution in [3.63, 3.8) is 0 Å². The monoisotopic (exact) mass is 498 g/mol. The van der Waals surface area contributed by atoms with Crippen LogP contribution in [-0.4, -0.2) is 31.8 Å². The molecule has 0 radical (unpaired) electrons. The molecule has 0 bridgehead atoms. The van der Waals surface area contributed by atoms with Crippen molar-refractivity contribution in [1.82, 2.24) is 15.0 Å². The number of hydrogen-bond acceptors (Lipinski definition) is 6. The van der Waals surface area contributed by atoms with E-state index in [2.05, 4.69) is 20.3 Å². The van der Waals surface area contributed by atoms with Crippen LogP contribution in [0.25, 0.3) is 22.0 Å². The summed E-state index contributed by atoms with van der Waals surface area (Å²) in [6.45, 7) is 4.93. The van der Waals surface area contributed by atoms with Crippen molar-refractivity contribution in [2.75, 3.05) is 11.9 Å². The minimum Gasteiger partial charge on any atom is -0.396 e. The second-order valence-electron chi connectivity index (χ2n) is 8.84. The first-order chi connectivity index (χ1) is 16.6. The molecule has 3 N–H and O–H groups in total. The first-order valence-electron chi connectivity index (χ1n) is 11.0. The van der Waals surface area contributed by atoms with Crippen molar-refractivity contribution in [2.24, 2.45) is 0 Å². The Morgan fingerprint density at radius 1 is 1.06 bits per heavy atom. The number of hydrogen-bond donors (Lipinski definition) is 3. The highest BCUT2D eigenvalue weighted by molar-refractivity contribution is 6.35. The zero-order chi connectivity index (χ0) is 25.3. The third kappa shape index (κ3) is 5.24. The minimum atomic E-state index is -1.23. The van der Waals surface area contributed by atoms with E-state index in [1.54, 1.807) is 39.0 Å². The summed E-state index contributed by atoms with van der Waals surface area (Å²) in [4.78, 5) is 12.7.